The maximum absolute atomic E-state index is 7.75. The van der Waals surface area contributed by atoms with E-state index in [9.17, 15) is 0 Å². The maximum atomic E-state index is 7.75. The van der Waals surface area contributed by atoms with E-state index in [-0.39, 0.29) is 0 Å². The summed E-state index contributed by atoms with van der Waals surface area (Å²) in [5.41, 5.74) is 13.0. The summed E-state index contributed by atoms with van der Waals surface area (Å²) < 4.78 is 4.51. The fraction of sp³-hybridized carbons (Fsp3) is 0.0385. The zero-order valence-corrected chi connectivity index (χ0v) is 32.5. The van der Waals surface area contributed by atoms with Crippen LogP contribution >= 0.6 is 11.6 Å². The van der Waals surface area contributed by atoms with Gasteiger partial charge in [-0.3, -0.25) is 0 Å². The van der Waals surface area contributed by atoms with Crippen molar-refractivity contribution in [2.75, 3.05) is 9.80 Å². The number of hydrogen-bond donors (Lipinski definition) is 0. The van der Waals surface area contributed by atoms with Gasteiger partial charge in [0.1, 0.15) is 0 Å². The highest BCUT2D eigenvalue weighted by Crippen LogP contribution is 2.44. The third kappa shape index (κ3) is 6.03. The van der Waals surface area contributed by atoms with E-state index < -0.39 is 0 Å². The first-order chi connectivity index (χ1) is 28.0. The summed E-state index contributed by atoms with van der Waals surface area (Å²) in [6.07, 6.45) is 4.32. The lowest BCUT2D eigenvalue weighted by atomic mass is 10.0. The Morgan fingerprint density at radius 1 is 0.404 bits per heavy atom. The second-order valence-corrected chi connectivity index (χ2v) is 15.0. The number of hydrogen-bond acceptors (Lipinski definition) is 2. The van der Waals surface area contributed by atoms with Crippen LogP contribution in [0.1, 0.15) is 11.1 Å². The van der Waals surface area contributed by atoms with E-state index in [0.29, 0.717) is 5.02 Å². The largest absolute Gasteiger partial charge is 0.315 e. The molecule has 2 aromatic heterocycles. The molecule has 0 aliphatic carbocycles. The van der Waals surface area contributed by atoms with E-state index in [0.717, 1.165) is 78.1 Å². The second kappa shape index (κ2) is 14.2. The van der Waals surface area contributed by atoms with E-state index in [1.54, 1.807) is 0 Å². The van der Waals surface area contributed by atoms with Crippen LogP contribution in [0.4, 0.5) is 34.1 Å². The Morgan fingerprint density at radius 2 is 0.895 bits per heavy atom. The van der Waals surface area contributed by atoms with E-state index in [1.807, 2.05) is 0 Å². The van der Waals surface area contributed by atoms with Crippen molar-refractivity contribution in [1.29, 1.82) is 0 Å². The first-order valence-electron chi connectivity index (χ1n) is 19.3. The zero-order valence-electron chi connectivity index (χ0n) is 31.7. The van der Waals surface area contributed by atoms with Gasteiger partial charge in [0.2, 0.25) is 0 Å². The molecule has 0 radical (unpaired) electrons. The van der Waals surface area contributed by atoms with Crippen LogP contribution < -0.4 is 9.80 Å². The molecule has 2 heterocycles. The predicted molar refractivity (Wildman–Crippen MR) is 241 cm³/mol. The summed E-state index contributed by atoms with van der Waals surface area (Å²) in [5, 5.41) is 5.15. The number of rotatable bonds is 8. The van der Waals surface area contributed by atoms with Gasteiger partial charge in [-0.1, -0.05) is 114 Å². The molecular formula is C52H39ClN4. The van der Waals surface area contributed by atoms with E-state index in [1.165, 1.54) is 11.1 Å². The minimum absolute atomic E-state index is 0.679. The summed E-state index contributed by atoms with van der Waals surface area (Å²) in [6, 6.07) is 66.7. The Morgan fingerprint density at radius 3 is 1.47 bits per heavy atom. The molecule has 0 aliphatic rings. The molecule has 0 aliphatic heterocycles. The minimum atomic E-state index is 0.679. The topological polar surface area (TPSA) is 16.3 Å². The van der Waals surface area contributed by atoms with Crippen molar-refractivity contribution in [2.24, 2.45) is 0 Å². The van der Waals surface area contributed by atoms with Crippen molar-refractivity contribution in [2.45, 2.75) is 13.8 Å². The van der Waals surface area contributed by atoms with Gasteiger partial charge in [0.25, 0.3) is 0 Å². The summed E-state index contributed by atoms with van der Waals surface area (Å²) in [4.78, 5) is 4.67. The first-order valence-corrected chi connectivity index (χ1v) is 19.7. The summed E-state index contributed by atoms with van der Waals surface area (Å²) in [7, 11) is 0. The maximum Gasteiger partial charge on any atom is 0.0893 e. The highest BCUT2D eigenvalue weighted by molar-refractivity contribution is 6.36. The minimum Gasteiger partial charge on any atom is -0.315 e. The van der Waals surface area contributed by atoms with Crippen LogP contribution in [-0.4, -0.2) is 9.13 Å². The van der Waals surface area contributed by atoms with Gasteiger partial charge < -0.3 is 18.9 Å². The standard InChI is InChI=1S/C52H39ClN4/c1-36-15-12-22-42(34-36)57(41-20-10-5-11-21-41)49-26-14-24-47-45(49)30-32-55(47)52-43-28-27-37(2)33-38(43)35-50(51(52)53)54-31-29-44-46(54)23-13-25-48(44)56(39-16-6-3-7-17-39)40-18-8-4-9-19-40/h3-35H,1-2H3. The number of benzene rings is 8. The number of aromatic nitrogens is 2. The normalized spacial score (nSPS) is 11.4. The van der Waals surface area contributed by atoms with E-state index in [2.05, 4.69) is 233 Å². The molecule has 0 fully saturated rings. The van der Waals surface area contributed by atoms with Gasteiger partial charge in [-0.25, -0.2) is 0 Å². The molecule has 0 saturated carbocycles. The molecule has 0 bridgehead atoms. The molecule has 274 valence electrons. The van der Waals surface area contributed by atoms with Crippen molar-refractivity contribution < 1.29 is 0 Å². The first kappa shape index (κ1) is 34.5. The van der Waals surface area contributed by atoms with Crippen molar-refractivity contribution in [1.82, 2.24) is 9.13 Å². The fourth-order valence-electron chi connectivity index (χ4n) is 8.33. The highest BCUT2D eigenvalue weighted by atomic mass is 35.5. The SMILES string of the molecule is Cc1cccc(N(c2ccccc2)c2cccc3c2ccn3-c2c(Cl)c(-n3ccc4c(N(c5ccccc5)c5ccccc5)cccc43)cc3cc(C)ccc23)c1. The molecule has 4 nitrogen and oxygen atoms in total. The quantitative estimate of drug-likeness (QED) is 0.154. The number of aryl methyl sites for hydroxylation is 2. The summed E-state index contributed by atoms with van der Waals surface area (Å²) >= 11 is 7.75. The van der Waals surface area contributed by atoms with Crippen LogP contribution in [0.3, 0.4) is 0 Å². The molecule has 0 unspecified atom stereocenters. The van der Waals surface area contributed by atoms with Gasteiger partial charge >= 0.3 is 0 Å². The molecule has 0 spiro atoms. The van der Waals surface area contributed by atoms with E-state index >= 15 is 0 Å². The Kier molecular flexibility index (Phi) is 8.62. The number of anilines is 6. The third-order valence-corrected chi connectivity index (χ3v) is 11.3. The third-order valence-electron chi connectivity index (χ3n) is 10.9. The molecule has 8 aromatic carbocycles. The smallest absolute Gasteiger partial charge is 0.0893 e. The van der Waals surface area contributed by atoms with Crippen molar-refractivity contribution in [3.8, 4) is 11.4 Å². The molecule has 0 atom stereocenters. The van der Waals surface area contributed by atoms with Crippen molar-refractivity contribution in [3.05, 3.63) is 217 Å². The molecule has 0 N–H and O–H groups in total. The molecule has 10 rings (SSSR count). The predicted octanol–water partition coefficient (Wildman–Crippen LogP) is 14.9. The number of para-hydroxylation sites is 3. The fourth-order valence-corrected chi connectivity index (χ4v) is 8.67. The Labute approximate surface area is 337 Å². The Bertz CT molecular complexity index is 3020. The van der Waals surface area contributed by atoms with Gasteiger partial charge in [0.05, 0.1) is 38.8 Å². The van der Waals surface area contributed by atoms with E-state index in [4.69, 9.17) is 11.6 Å². The zero-order chi connectivity index (χ0) is 38.5. The average molecular weight is 755 g/mol. The summed E-state index contributed by atoms with van der Waals surface area (Å²) in [6.45, 7) is 4.29. The number of halogens is 1. The Hall–Kier alpha value is -7.01. The number of nitrogens with zero attached hydrogens (tertiary/aromatic N) is 4. The van der Waals surface area contributed by atoms with Crippen LogP contribution in [0.25, 0.3) is 44.0 Å². The molecule has 10 aromatic rings. The lowest BCUT2D eigenvalue weighted by molar-refractivity contribution is 1.10. The van der Waals surface area contributed by atoms with Crippen LogP contribution in [0.5, 0.6) is 0 Å². The highest BCUT2D eigenvalue weighted by Gasteiger charge is 2.22. The van der Waals surface area contributed by atoms with Crippen molar-refractivity contribution in [3.63, 3.8) is 0 Å². The molecular weight excluding hydrogens is 716 g/mol. The lowest BCUT2D eigenvalue weighted by Gasteiger charge is -2.26. The van der Waals surface area contributed by atoms with Crippen molar-refractivity contribution >= 4 is 78.3 Å². The average Bonchev–Trinajstić information content (AvgIpc) is 3.88. The number of fused-ring (bicyclic) bond motifs is 3. The van der Waals surface area contributed by atoms with Crippen LogP contribution in [0.15, 0.2) is 200 Å². The molecule has 0 amide bonds. The van der Waals surface area contributed by atoms with Crippen LogP contribution in [0.2, 0.25) is 5.02 Å². The Balaban J connectivity index is 1.17. The lowest BCUT2D eigenvalue weighted by Crippen LogP contribution is -2.10. The van der Waals surface area contributed by atoms with Crippen LogP contribution in [-0.2, 0) is 0 Å². The van der Waals surface area contributed by atoms with Gasteiger partial charge in [0, 0.05) is 51.3 Å². The van der Waals surface area contributed by atoms with Gasteiger partial charge in [-0.2, -0.15) is 0 Å². The van der Waals surface area contributed by atoms with Gasteiger partial charge in [-0.05, 0) is 116 Å². The monoisotopic (exact) mass is 754 g/mol. The second-order valence-electron chi connectivity index (χ2n) is 14.6. The van der Waals surface area contributed by atoms with Gasteiger partial charge in [0.15, 0.2) is 0 Å². The summed E-state index contributed by atoms with van der Waals surface area (Å²) in [5.74, 6) is 0. The van der Waals surface area contributed by atoms with Crippen LogP contribution in [0, 0.1) is 13.8 Å². The molecule has 0 saturated heterocycles. The molecule has 57 heavy (non-hydrogen) atoms. The molecule has 5 heteroatoms. The van der Waals surface area contributed by atoms with Gasteiger partial charge in [-0.15, -0.1) is 0 Å².